The number of nitrogens with zero attached hydrogens (tertiary/aromatic N) is 2. The van der Waals surface area contributed by atoms with Crippen LogP contribution in [0, 0.1) is 0 Å². The fraction of sp³-hybridized carbons (Fsp3) is 0.208. The second kappa shape index (κ2) is 6.58. The van der Waals surface area contributed by atoms with Gasteiger partial charge in [-0.05, 0) is 53.8 Å². The van der Waals surface area contributed by atoms with E-state index in [9.17, 15) is 4.79 Å². The van der Waals surface area contributed by atoms with E-state index in [2.05, 4.69) is 47.4 Å². The van der Waals surface area contributed by atoms with Gasteiger partial charge < -0.3 is 9.80 Å². The highest BCUT2D eigenvalue weighted by Gasteiger charge is 2.25. The summed E-state index contributed by atoms with van der Waals surface area (Å²) in [6.07, 6.45) is 2.05. The van der Waals surface area contributed by atoms with Crippen molar-refractivity contribution < 1.29 is 4.79 Å². The van der Waals surface area contributed by atoms with Crippen molar-refractivity contribution in [3.63, 3.8) is 0 Å². The minimum atomic E-state index is 0.0954. The van der Waals surface area contributed by atoms with Crippen LogP contribution in [0.5, 0.6) is 0 Å². The number of rotatable bonds is 3. The van der Waals surface area contributed by atoms with Crippen molar-refractivity contribution >= 4 is 17.3 Å². The molecule has 0 unspecified atom stereocenters. The Morgan fingerprint density at radius 1 is 0.741 bits per heavy atom. The minimum absolute atomic E-state index is 0.0954. The summed E-state index contributed by atoms with van der Waals surface area (Å²) in [7, 11) is 0. The fourth-order valence-electron chi connectivity index (χ4n) is 4.25. The average Bonchev–Trinajstić information content (AvgIpc) is 3.33. The maximum atomic E-state index is 12.9. The van der Waals surface area contributed by atoms with Gasteiger partial charge in [0.15, 0.2) is 0 Å². The predicted octanol–water partition coefficient (Wildman–Crippen LogP) is 4.45. The van der Waals surface area contributed by atoms with E-state index >= 15 is 0 Å². The number of anilines is 2. The standard InChI is InChI=1S/C24H22N2O/c27-24(26-16-14-20-6-2-4-8-23(20)26)21-11-9-18(10-12-21)17-25-15-13-19-5-1-3-7-22(19)25/h1-12H,13-17H2. The average molecular weight is 354 g/mol. The Morgan fingerprint density at radius 3 is 2.15 bits per heavy atom. The molecule has 2 heterocycles. The Hall–Kier alpha value is -3.07. The quantitative estimate of drug-likeness (QED) is 0.694. The predicted molar refractivity (Wildman–Crippen MR) is 109 cm³/mol. The Bertz CT molecular complexity index is 993. The monoisotopic (exact) mass is 354 g/mol. The SMILES string of the molecule is O=C(c1ccc(CN2CCc3ccccc32)cc1)N1CCc2ccccc21. The highest BCUT2D eigenvalue weighted by atomic mass is 16.2. The second-order valence-electron chi connectivity index (χ2n) is 7.33. The van der Waals surface area contributed by atoms with Crippen LogP contribution in [0.1, 0.15) is 27.0 Å². The third-order valence-corrected chi connectivity index (χ3v) is 5.69. The maximum Gasteiger partial charge on any atom is 0.258 e. The van der Waals surface area contributed by atoms with Crippen LogP contribution in [0.25, 0.3) is 0 Å². The largest absolute Gasteiger partial charge is 0.367 e. The normalized spacial score (nSPS) is 15.0. The molecule has 5 rings (SSSR count). The van der Waals surface area contributed by atoms with Crippen LogP contribution >= 0.6 is 0 Å². The van der Waals surface area contributed by atoms with E-state index in [-0.39, 0.29) is 5.91 Å². The van der Waals surface area contributed by atoms with E-state index in [0.29, 0.717) is 0 Å². The summed E-state index contributed by atoms with van der Waals surface area (Å²) in [6, 6.07) is 25.0. The summed E-state index contributed by atoms with van der Waals surface area (Å²) in [5, 5.41) is 0. The van der Waals surface area contributed by atoms with E-state index < -0.39 is 0 Å². The molecule has 3 aromatic carbocycles. The molecule has 3 nitrogen and oxygen atoms in total. The van der Waals surface area contributed by atoms with Crippen molar-refractivity contribution in [1.82, 2.24) is 0 Å². The van der Waals surface area contributed by atoms with Gasteiger partial charge in [-0.3, -0.25) is 4.79 Å². The van der Waals surface area contributed by atoms with Gasteiger partial charge in [0, 0.05) is 36.6 Å². The summed E-state index contributed by atoms with van der Waals surface area (Å²) in [5.41, 5.74) is 7.08. The number of hydrogen-bond donors (Lipinski definition) is 0. The number of carbonyl (C=O) groups excluding carboxylic acids is 1. The first-order valence-corrected chi connectivity index (χ1v) is 9.61. The van der Waals surface area contributed by atoms with E-state index in [0.717, 1.165) is 43.7 Å². The van der Waals surface area contributed by atoms with Crippen molar-refractivity contribution in [2.24, 2.45) is 0 Å². The molecule has 1 amide bonds. The molecular weight excluding hydrogens is 332 g/mol. The van der Waals surface area contributed by atoms with Crippen molar-refractivity contribution in [3.05, 3.63) is 95.1 Å². The summed E-state index contributed by atoms with van der Waals surface area (Å²) >= 11 is 0. The van der Waals surface area contributed by atoms with Crippen LogP contribution < -0.4 is 9.80 Å². The van der Waals surface area contributed by atoms with Gasteiger partial charge in [0.25, 0.3) is 5.91 Å². The maximum absolute atomic E-state index is 12.9. The molecule has 0 saturated heterocycles. The first kappa shape index (κ1) is 16.1. The zero-order chi connectivity index (χ0) is 18.2. The summed E-state index contributed by atoms with van der Waals surface area (Å²) < 4.78 is 0. The van der Waals surface area contributed by atoms with Crippen LogP contribution in [-0.4, -0.2) is 19.0 Å². The molecule has 0 radical (unpaired) electrons. The molecule has 0 bridgehead atoms. The number of hydrogen-bond acceptors (Lipinski definition) is 2. The van der Waals surface area contributed by atoms with Gasteiger partial charge in [-0.25, -0.2) is 0 Å². The zero-order valence-electron chi connectivity index (χ0n) is 15.3. The van der Waals surface area contributed by atoms with E-state index in [1.807, 2.05) is 35.2 Å². The molecule has 0 atom stereocenters. The highest BCUT2D eigenvalue weighted by Crippen LogP contribution is 2.30. The molecule has 0 aromatic heterocycles. The molecule has 2 aliphatic rings. The van der Waals surface area contributed by atoms with Gasteiger partial charge in [0.2, 0.25) is 0 Å². The Labute approximate surface area is 159 Å². The van der Waals surface area contributed by atoms with Gasteiger partial charge in [-0.15, -0.1) is 0 Å². The van der Waals surface area contributed by atoms with Gasteiger partial charge >= 0.3 is 0 Å². The third-order valence-electron chi connectivity index (χ3n) is 5.69. The fourth-order valence-corrected chi connectivity index (χ4v) is 4.25. The number of fused-ring (bicyclic) bond motifs is 2. The van der Waals surface area contributed by atoms with Crippen LogP contribution in [0.3, 0.4) is 0 Å². The second-order valence-corrected chi connectivity index (χ2v) is 7.33. The van der Waals surface area contributed by atoms with Crippen LogP contribution in [0.4, 0.5) is 11.4 Å². The van der Waals surface area contributed by atoms with E-state index in [4.69, 9.17) is 0 Å². The molecule has 0 N–H and O–H groups in total. The topological polar surface area (TPSA) is 23.6 Å². The lowest BCUT2D eigenvalue weighted by atomic mass is 10.1. The molecule has 0 aliphatic carbocycles. The van der Waals surface area contributed by atoms with Gasteiger partial charge in [-0.1, -0.05) is 48.5 Å². The number of benzene rings is 3. The summed E-state index contributed by atoms with van der Waals surface area (Å²) in [5.74, 6) is 0.0954. The lowest BCUT2D eigenvalue weighted by Gasteiger charge is -2.20. The van der Waals surface area contributed by atoms with Crippen LogP contribution in [-0.2, 0) is 19.4 Å². The Balaban J connectivity index is 1.32. The van der Waals surface area contributed by atoms with Crippen molar-refractivity contribution in [2.75, 3.05) is 22.9 Å². The number of amides is 1. The highest BCUT2D eigenvalue weighted by molar-refractivity contribution is 6.07. The molecule has 134 valence electrons. The van der Waals surface area contributed by atoms with Crippen LogP contribution in [0.15, 0.2) is 72.8 Å². The molecule has 0 fully saturated rings. The van der Waals surface area contributed by atoms with Crippen molar-refractivity contribution in [1.29, 1.82) is 0 Å². The van der Waals surface area contributed by atoms with E-state index in [1.165, 1.54) is 22.4 Å². The molecule has 0 saturated carbocycles. The lowest BCUT2D eigenvalue weighted by molar-refractivity contribution is 0.0989. The van der Waals surface area contributed by atoms with Crippen LogP contribution in [0.2, 0.25) is 0 Å². The summed E-state index contributed by atoms with van der Waals surface area (Å²) in [4.78, 5) is 17.3. The number of carbonyl (C=O) groups is 1. The van der Waals surface area contributed by atoms with E-state index in [1.54, 1.807) is 0 Å². The molecule has 3 heteroatoms. The molecule has 2 aliphatic heterocycles. The first-order chi connectivity index (χ1) is 13.3. The molecular formula is C24H22N2O. The van der Waals surface area contributed by atoms with Gasteiger partial charge in [0.05, 0.1) is 0 Å². The summed E-state index contributed by atoms with van der Waals surface area (Å²) in [6.45, 7) is 2.72. The lowest BCUT2D eigenvalue weighted by Crippen LogP contribution is -2.28. The first-order valence-electron chi connectivity index (χ1n) is 9.61. The smallest absolute Gasteiger partial charge is 0.258 e. The van der Waals surface area contributed by atoms with Gasteiger partial charge in [-0.2, -0.15) is 0 Å². The van der Waals surface area contributed by atoms with Crippen molar-refractivity contribution in [2.45, 2.75) is 19.4 Å². The minimum Gasteiger partial charge on any atom is -0.367 e. The van der Waals surface area contributed by atoms with Crippen molar-refractivity contribution in [3.8, 4) is 0 Å². The van der Waals surface area contributed by atoms with Gasteiger partial charge in [0.1, 0.15) is 0 Å². The Morgan fingerprint density at radius 2 is 1.37 bits per heavy atom. The molecule has 27 heavy (non-hydrogen) atoms. The third kappa shape index (κ3) is 2.89. The zero-order valence-corrected chi connectivity index (χ0v) is 15.3. The molecule has 0 spiro atoms. The number of para-hydroxylation sites is 2. The molecule has 3 aromatic rings. The Kier molecular flexibility index (Phi) is 3.93.